The van der Waals surface area contributed by atoms with Crippen LogP contribution in [0.5, 0.6) is 0 Å². The average molecular weight is 476 g/mol. The standard InChI is InChI=1S/C25H29N7O3/c1-15-7-8-21-29-30-22(32(15)21)18-5-4-6-20(27-18)28-23(34)19-11-17-13-31(10-9-16(17)12-26-19)24(35)25(2,3)14-33/h4-6,11-12,15,33H,7-10,13-14H2,1-3H3,(H,27,28,34). The summed E-state index contributed by atoms with van der Waals surface area (Å²) in [5.74, 6) is 1.57. The highest BCUT2D eigenvalue weighted by atomic mass is 16.3. The lowest BCUT2D eigenvalue weighted by Gasteiger charge is -2.34. The lowest BCUT2D eigenvalue weighted by Crippen LogP contribution is -2.45. The van der Waals surface area contributed by atoms with Gasteiger partial charge in [0.25, 0.3) is 5.91 Å². The van der Waals surface area contributed by atoms with Gasteiger partial charge in [0, 0.05) is 31.7 Å². The molecule has 2 amide bonds. The lowest BCUT2D eigenvalue weighted by molar-refractivity contribution is -0.143. The van der Waals surface area contributed by atoms with Gasteiger partial charge in [0.05, 0.1) is 12.0 Å². The first kappa shape index (κ1) is 23.1. The van der Waals surface area contributed by atoms with Crippen LogP contribution < -0.4 is 5.32 Å². The molecule has 0 bridgehead atoms. The molecule has 5 rings (SSSR count). The number of hydrogen-bond donors (Lipinski definition) is 2. The molecule has 3 aromatic heterocycles. The van der Waals surface area contributed by atoms with E-state index in [2.05, 4.69) is 37.0 Å². The minimum atomic E-state index is -0.844. The molecule has 0 saturated carbocycles. The molecule has 2 aliphatic rings. The van der Waals surface area contributed by atoms with Crippen LogP contribution in [0.15, 0.2) is 30.5 Å². The summed E-state index contributed by atoms with van der Waals surface area (Å²) in [5.41, 5.74) is 1.96. The highest BCUT2D eigenvalue weighted by molar-refractivity contribution is 6.02. The Labute approximate surface area is 203 Å². The van der Waals surface area contributed by atoms with E-state index in [0.717, 1.165) is 29.8 Å². The second-order valence-corrected chi connectivity index (χ2v) is 9.92. The molecular formula is C25H29N7O3. The van der Waals surface area contributed by atoms with Crippen LogP contribution in [-0.4, -0.2) is 59.7 Å². The minimum Gasteiger partial charge on any atom is -0.395 e. The van der Waals surface area contributed by atoms with Crippen LogP contribution in [0.4, 0.5) is 5.82 Å². The van der Waals surface area contributed by atoms with Gasteiger partial charge >= 0.3 is 0 Å². The van der Waals surface area contributed by atoms with Gasteiger partial charge in [0.2, 0.25) is 5.91 Å². The fourth-order valence-corrected chi connectivity index (χ4v) is 4.64. The number of carbonyl (C=O) groups excluding carboxylic acids is 2. The van der Waals surface area contributed by atoms with E-state index in [9.17, 15) is 14.7 Å². The van der Waals surface area contributed by atoms with Crippen molar-refractivity contribution in [2.45, 2.75) is 52.6 Å². The molecule has 5 heterocycles. The SMILES string of the molecule is CC1CCc2nnc(-c3cccc(NC(=O)c4cc5c(cn4)CCN(C(=O)C(C)(C)CO)C5)n3)n21. The number of aliphatic hydroxyl groups is 1. The van der Waals surface area contributed by atoms with Gasteiger partial charge < -0.3 is 19.9 Å². The number of nitrogens with one attached hydrogen (secondary N) is 1. The third kappa shape index (κ3) is 4.29. The molecule has 10 heteroatoms. The third-order valence-electron chi connectivity index (χ3n) is 6.80. The van der Waals surface area contributed by atoms with Crippen LogP contribution >= 0.6 is 0 Å². The molecule has 1 atom stereocenters. The number of amides is 2. The van der Waals surface area contributed by atoms with E-state index < -0.39 is 5.41 Å². The molecule has 2 N–H and O–H groups in total. The Kier molecular flexibility index (Phi) is 5.84. The maximum atomic E-state index is 13.0. The zero-order valence-corrected chi connectivity index (χ0v) is 20.2. The molecule has 10 nitrogen and oxygen atoms in total. The fraction of sp³-hybridized carbons (Fsp3) is 0.440. The van der Waals surface area contributed by atoms with Gasteiger partial charge in [-0.25, -0.2) is 4.98 Å². The van der Waals surface area contributed by atoms with Crippen LogP contribution in [0.25, 0.3) is 11.5 Å². The van der Waals surface area contributed by atoms with Gasteiger partial charge in [-0.3, -0.25) is 14.6 Å². The first-order valence-electron chi connectivity index (χ1n) is 11.9. The van der Waals surface area contributed by atoms with Crippen LogP contribution in [0.1, 0.15) is 60.7 Å². The van der Waals surface area contributed by atoms with E-state index in [1.54, 1.807) is 37.1 Å². The number of aromatic nitrogens is 5. The summed E-state index contributed by atoms with van der Waals surface area (Å²) in [6, 6.07) is 7.44. The molecular weight excluding hydrogens is 446 g/mol. The van der Waals surface area contributed by atoms with Crippen molar-refractivity contribution in [3.05, 3.63) is 53.1 Å². The predicted octanol–water partition coefficient (Wildman–Crippen LogP) is 2.40. The molecule has 0 spiro atoms. The molecule has 1 unspecified atom stereocenters. The number of nitrogens with zero attached hydrogens (tertiary/aromatic N) is 6. The maximum Gasteiger partial charge on any atom is 0.275 e. The molecule has 0 saturated heterocycles. The van der Waals surface area contributed by atoms with E-state index in [1.165, 1.54) is 0 Å². The maximum absolute atomic E-state index is 13.0. The topological polar surface area (TPSA) is 126 Å². The van der Waals surface area contributed by atoms with Crippen molar-refractivity contribution in [3.63, 3.8) is 0 Å². The minimum absolute atomic E-state index is 0.108. The number of aryl methyl sites for hydroxylation is 1. The normalized spacial score (nSPS) is 17.1. The summed E-state index contributed by atoms with van der Waals surface area (Å²) in [7, 11) is 0. The number of carbonyl (C=O) groups is 2. The molecule has 0 aliphatic carbocycles. The van der Waals surface area contributed by atoms with Crippen LogP contribution in [-0.2, 0) is 24.2 Å². The summed E-state index contributed by atoms with van der Waals surface area (Å²) >= 11 is 0. The van der Waals surface area contributed by atoms with E-state index >= 15 is 0 Å². The molecule has 0 aromatic carbocycles. The van der Waals surface area contributed by atoms with Crippen LogP contribution in [0.3, 0.4) is 0 Å². The van der Waals surface area contributed by atoms with Crippen molar-refractivity contribution in [2.24, 2.45) is 5.41 Å². The zero-order chi connectivity index (χ0) is 24.7. The Bertz CT molecular complexity index is 1300. The molecule has 0 radical (unpaired) electrons. The fourth-order valence-electron chi connectivity index (χ4n) is 4.64. The Hall–Kier alpha value is -3.66. The molecule has 2 aliphatic heterocycles. The molecule has 35 heavy (non-hydrogen) atoms. The first-order chi connectivity index (χ1) is 16.8. The van der Waals surface area contributed by atoms with E-state index in [0.29, 0.717) is 42.9 Å². The van der Waals surface area contributed by atoms with Crippen molar-refractivity contribution >= 4 is 17.6 Å². The average Bonchev–Trinajstić information content (AvgIpc) is 3.46. The first-order valence-corrected chi connectivity index (χ1v) is 11.9. The third-order valence-corrected chi connectivity index (χ3v) is 6.80. The molecule has 182 valence electrons. The number of anilines is 1. The number of hydrogen-bond acceptors (Lipinski definition) is 7. The van der Waals surface area contributed by atoms with Gasteiger partial charge in [0.1, 0.15) is 23.0 Å². The second kappa shape index (κ2) is 8.84. The van der Waals surface area contributed by atoms with E-state index in [4.69, 9.17) is 0 Å². The van der Waals surface area contributed by atoms with Crippen molar-refractivity contribution in [1.29, 1.82) is 0 Å². The van der Waals surface area contributed by atoms with Gasteiger partial charge in [0.15, 0.2) is 5.82 Å². The number of fused-ring (bicyclic) bond motifs is 2. The number of aliphatic hydroxyl groups excluding tert-OH is 1. The Morgan fingerprint density at radius 1 is 1.20 bits per heavy atom. The van der Waals surface area contributed by atoms with Crippen molar-refractivity contribution in [2.75, 3.05) is 18.5 Å². The molecule has 3 aromatic rings. The Balaban J connectivity index is 1.33. The van der Waals surface area contributed by atoms with Gasteiger partial charge in [-0.1, -0.05) is 6.07 Å². The Morgan fingerprint density at radius 3 is 2.83 bits per heavy atom. The summed E-state index contributed by atoms with van der Waals surface area (Å²) in [5, 5.41) is 21.0. The summed E-state index contributed by atoms with van der Waals surface area (Å²) in [4.78, 5) is 36.5. The highest BCUT2D eigenvalue weighted by Crippen LogP contribution is 2.30. The summed E-state index contributed by atoms with van der Waals surface area (Å²) in [6.45, 7) is 6.31. The smallest absolute Gasteiger partial charge is 0.275 e. The van der Waals surface area contributed by atoms with Crippen molar-refractivity contribution in [1.82, 2.24) is 29.6 Å². The Morgan fingerprint density at radius 2 is 2.03 bits per heavy atom. The van der Waals surface area contributed by atoms with Crippen molar-refractivity contribution < 1.29 is 14.7 Å². The highest BCUT2D eigenvalue weighted by Gasteiger charge is 2.33. The van der Waals surface area contributed by atoms with Crippen LogP contribution in [0.2, 0.25) is 0 Å². The second-order valence-electron chi connectivity index (χ2n) is 9.92. The number of pyridine rings is 2. The van der Waals surface area contributed by atoms with Gasteiger partial charge in [-0.2, -0.15) is 0 Å². The summed E-state index contributed by atoms with van der Waals surface area (Å²) in [6.07, 6.45) is 4.28. The van der Waals surface area contributed by atoms with Crippen molar-refractivity contribution in [3.8, 4) is 11.5 Å². The van der Waals surface area contributed by atoms with E-state index in [-0.39, 0.29) is 24.1 Å². The van der Waals surface area contributed by atoms with E-state index in [1.807, 2.05) is 12.1 Å². The number of rotatable bonds is 5. The van der Waals surface area contributed by atoms with Gasteiger partial charge in [-0.15, -0.1) is 10.2 Å². The largest absolute Gasteiger partial charge is 0.395 e. The quantitative estimate of drug-likeness (QED) is 0.580. The van der Waals surface area contributed by atoms with Crippen LogP contribution in [0, 0.1) is 5.41 Å². The lowest BCUT2D eigenvalue weighted by atomic mass is 9.91. The monoisotopic (exact) mass is 475 g/mol. The van der Waals surface area contributed by atoms with Gasteiger partial charge in [-0.05, 0) is 62.9 Å². The molecule has 0 fully saturated rings. The zero-order valence-electron chi connectivity index (χ0n) is 20.2. The predicted molar refractivity (Wildman–Crippen MR) is 128 cm³/mol. The summed E-state index contributed by atoms with van der Waals surface area (Å²) < 4.78 is 2.10.